The van der Waals surface area contributed by atoms with Crippen LogP contribution in [0, 0.1) is 0 Å². The van der Waals surface area contributed by atoms with Crippen LogP contribution >= 0.6 is 0 Å². The fourth-order valence-electron chi connectivity index (χ4n) is 5.40. The Bertz CT molecular complexity index is 1470. The van der Waals surface area contributed by atoms with Crippen molar-refractivity contribution in [3.05, 3.63) is 42.1 Å². The number of piperazine rings is 1. The van der Waals surface area contributed by atoms with Crippen LogP contribution in [0.15, 0.2) is 36.4 Å². The summed E-state index contributed by atoms with van der Waals surface area (Å²) in [4.78, 5) is 80.0. The molecule has 2 fully saturated rings. The number of benzene rings is 1. The predicted octanol–water partition coefficient (Wildman–Crippen LogP) is 0.0399. The van der Waals surface area contributed by atoms with E-state index < -0.39 is 67.0 Å². The summed E-state index contributed by atoms with van der Waals surface area (Å²) in [6.07, 6.45) is -1.97. The molecule has 0 spiro atoms. The molecule has 1 unspecified atom stereocenters. The van der Waals surface area contributed by atoms with Crippen LogP contribution in [0.2, 0.25) is 0 Å². The first-order valence-corrected chi connectivity index (χ1v) is 15.7. The molecule has 0 aliphatic carbocycles. The minimum absolute atomic E-state index is 0.00405. The molecule has 48 heavy (non-hydrogen) atoms. The van der Waals surface area contributed by atoms with Crippen LogP contribution < -0.4 is 10.1 Å². The molecule has 260 valence electrons. The van der Waals surface area contributed by atoms with Crippen molar-refractivity contribution in [1.29, 1.82) is 0 Å². The number of carboxylic acids is 1. The van der Waals surface area contributed by atoms with Gasteiger partial charge in [-0.05, 0) is 32.4 Å². The van der Waals surface area contributed by atoms with Crippen LogP contribution in [0.3, 0.4) is 0 Å². The summed E-state index contributed by atoms with van der Waals surface area (Å²) < 4.78 is 17.1. The highest BCUT2D eigenvalue weighted by Gasteiger charge is 2.40. The molecule has 0 radical (unpaired) electrons. The number of β-amino-alcohol motifs (C(OH)–C–C–N with tert-alkyl or cyclic N) is 1. The molecule has 4 amide bonds. The maximum Gasteiger partial charge on any atom is 0.409 e. The maximum atomic E-state index is 13.5. The van der Waals surface area contributed by atoms with Crippen LogP contribution in [-0.2, 0) is 28.7 Å². The van der Waals surface area contributed by atoms with Gasteiger partial charge in [0.15, 0.2) is 12.3 Å². The summed E-state index contributed by atoms with van der Waals surface area (Å²) in [7, 11) is 0. The van der Waals surface area contributed by atoms with Crippen molar-refractivity contribution in [3.8, 4) is 11.6 Å². The van der Waals surface area contributed by atoms with Gasteiger partial charge in [-0.2, -0.15) is 5.10 Å². The second-order valence-corrected chi connectivity index (χ2v) is 11.1. The number of rotatable bonds is 13. The SMILES string of the molecule is CCOC(=O)[C@@H]1C[C@@H](O)CN1C(=O)COc1cc(C(=O)NC(CCC(=O)O)C(=O)N2CCN(C(=O)OCC)CC2)nn1-c1ccccc1. The number of para-hydroxylation sites is 1. The lowest BCUT2D eigenvalue weighted by molar-refractivity contribution is -0.153. The normalized spacial score (nSPS) is 18.2. The molecule has 1 aromatic carbocycles. The summed E-state index contributed by atoms with van der Waals surface area (Å²) in [6.45, 7) is 3.76. The smallest absolute Gasteiger partial charge is 0.409 e. The number of amides is 4. The van der Waals surface area contributed by atoms with Gasteiger partial charge in [0.2, 0.25) is 11.8 Å². The molecule has 2 aliphatic heterocycles. The number of hydrogen-bond acceptors (Lipinski definition) is 11. The Hall–Kier alpha value is -5.19. The summed E-state index contributed by atoms with van der Waals surface area (Å²) in [5, 5.41) is 26.3. The molecule has 3 N–H and O–H groups in total. The van der Waals surface area contributed by atoms with Gasteiger partial charge in [-0.25, -0.2) is 14.3 Å². The van der Waals surface area contributed by atoms with E-state index in [1.807, 2.05) is 0 Å². The van der Waals surface area contributed by atoms with Crippen LogP contribution in [0.4, 0.5) is 4.79 Å². The topological polar surface area (TPSA) is 210 Å². The van der Waals surface area contributed by atoms with E-state index in [-0.39, 0.29) is 70.4 Å². The Labute approximate surface area is 276 Å². The van der Waals surface area contributed by atoms with Crippen molar-refractivity contribution >= 4 is 35.8 Å². The van der Waals surface area contributed by atoms with E-state index in [1.165, 1.54) is 25.4 Å². The molecular formula is C31H40N6O11. The number of aliphatic hydroxyl groups is 1. The number of hydrogen-bond donors (Lipinski definition) is 3. The number of likely N-dealkylation sites (tertiary alicyclic amines) is 1. The molecule has 3 heterocycles. The first kappa shape index (κ1) is 35.7. The monoisotopic (exact) mass is 672 g/mol. The molecule has 2 aromatic rings. The zero-order chi connectivity index (χ0) is 34.8. The zero-order valence-electron chi connectivity index (χ0n) is 26.8. The predicted molar refractivity (Wildman–Crippen MR) is 165 cm³/mol. The minimum atomic E-state index is -1.21. The molecule has 0 saturated carbocycles. The van der Waals surface area contributed by atoms with Crippen molar-refractivity contribution in [2.75, 3.05) is 52.5 Å². The highest BCUT2D eigenvalue weighted by molar-refractivity contribution is 5.96. The molecule has 1 aromatic heterocycles. The van der Waals surface area contributed by atoms with Crippen LogP contribution in [-0.4, -0.2) is 141 Å². The number of carboxylic acid groups (broad SMARTS) is 1. The van der Waals surface area contributed by atoms with E-state index in [1.54, 1.807) is 44.2 Å². The average Bonchev–Trinajstić information content (AvgIpc) is 3.70. The Morgan fingerprint density at radius 2 is 1.65 bits per heavy atom. The molecular weight excluding hydrogens is 632 g/mol. The Kier molecular flexibility index (Phi) is 12.3. The summed E-state index contributed by atoms with van der Waals surface area (Å²) in [5.74, 6) is -3.70. The molecule has 2 aliphatic rings. The van der Waals surface area contributed by atoms with Gasteiger partial charge in [0.25, 0.3) is 11.8 Å². The lowest BCUT2D eigenvalue weighted by Gasteiger charge is -2.35. The van der Waals surface area contributed by atoms with E-state index in [0.717, 1.165) is 0 Å². The number of nitrogens with one attached hydrogen (secondary N) is 1. The largest absolute Gasteiger partial charge is 0.481 e. The number of aromatic nitrogens is 2. The first-order chi connectivity index (χ1) is 23.0. The van der Waals surface area contributed by atoms with Crippen LogP contribution in [0.5, 0.6) is 5.88 Å². The van der Waals surface area contributed by atoms with Crippen molar-refractivity contribution < 1.29 is 53.2 Å². The fourth-order valence-corrected chi connectivity index (χ4v) is 5.40. The van der Waals surface area contributed by atoms with Crippen molar-refractivity contribution in [2.45, 2.75) is 51.3 Å². The second-order valence-electron chi connectivity index (χ2n) is 11.1. The average molecular weight is 673 g/mol. The van der Waals surface area contributed by atoms with Crippen molar-refractivity contribution in [1.82, 2.24) is 29.8 Å². The second kappa shape index (κ2) is 16.6. The summed E-state index contributed by atoms with van der Waals surface area (Å²) in [5.41, 5.74) is 0.306. The van der Waals surface area contributed by atoms with E-state index in [2.05, 4.69) is 10.4 Å². The highest BCUT2D eigenvalue weighted by atomic mass is 16.6. The molecule has 17 nitrogen and oxygen atoms in total. The number of aliphatic carboxylic acids is 1. The zero-order valence-corrected chi connectivity index (χ0v) is 26.8. The number of nitrogens with zero attached hydrogens (tertiary/aromatic N) is 5. The Balaban J connectivity index is 1.50. The number of aliphatic hydroxyl groups excluding tert-OH is 1. The van der Waals surface area contributed by atoms with Gasteiger partial charge in [-0.15, -0.1) is 0 Å². The fraction of sp³-hybridized carbons (Fsp3) is 0.516. The third kappa shape index (κ3) is 8.99. The van der Waals surface area contributed by atoms with Gasteiger partial charge in [0.05, 0.1) is 25.0 Å². The number of carbonyl (C=O) groups excluding carboxylic acids is 5. The van der Waals surface area contributed by atoms with Gasteiger partial charge in [0, 0.05) is 51.6 Å². The Morgan fingerprint density at radius 3 is 2.29 bits per heavy atom. The van der Waals surface area contributed by atoms with E-state index in [9.17, 15) is 39.0 Å². The van der Waals surface area contributed by atoms with E-state index in [0.29, 0.717) is 5.69 Å². The quantitative estimate of drug-likeness (QED) is 0.241. The number of esters is 1. The standard InChI is InChI=1S/C31H40N6O11/c1-3-46-30(44)24-16-21(38)18-36(24)25(39)19-48-26-17-23(33-37(26)20-8-6-5-7-9-20)28(42)32-22(10-11-27(40)41)29(43)34-12-14-35(15-13-34)31(45)47-4-2/h5-9,17,21-22,24,38H,3-4,10-16,18-19H2,1-2H3,(H,32,42)(H,40,41)/t21-,22?,24+/m1/s1. The van der Waals surface area contributed by atoms with Gasteiger partial charge in [-0.3, -0.25) is 19.2 Å². The summed E-state index contributed by atoms with van der Waals surface area (Å²) >= 11 is 0. The highest BCUT2D eigenvalue weighted by Crippen LogP contribution is 2.23. The third-order valence-electron chi connectivity index (χ3n) is 7.78. The number of ether oxygens (including phenoxy) is 3. The van der Waals surface area contributed by atoms with Crippen molar-refractivity contribution in [2.24, 2.45) is 0 Å². The van der Waals surface area contributed by atoms with Gasteiger partial charge in [0.1, 0.15) is 12.1 Å². The van der Waals surface area contributed by atoms with Crippen LogP contribution in [0.1, 0.15) is 43.6 Å². The van der Waals surface area contributed by atoms with Gasteiger partial charge >= 0.3 is 18.0 Å². The number of carbonyl (C=O) groups is 6. The van der Waals surface area contributed by atoms with E-state index >= 15 is 0 Å². The molecule has 2 saturated heterocycles. The lowest BCUT2D eigenvalue weighted by atomic mass is 10.1. The Morgan fingerprint density at radius 1 is 0.979 bits per heavy atom. The lowest BCUT2D eigenvalue weighted by Crippen LogP contribution is -2.56. The molecule has 4 rings (SSSR count). The van der Waals surface area contributed by atoms with E-state index in [4.69, 9.17) is 14.2 Å². The molecule has 17 heteroatoms. The first-order valence-electron chi connectivity index (χ1n) is 15.7. The molecule has 3 atom stereocenters. The molecule has 0 bridgehead atoms. The van der Waals surface area contributed by atoms with Crippen molar-refractivity contribution in [3.63, 3.8) is 0 Å². The van der Waals surface area contributed by atoms with Gasteiger partial charge < -0.3 is 44.4 Å². The maximum absolute atomic E-state index is 13.5. The minimum Gasteiger partial charge on any atom is -0.481 e. The summed E-state index contributed by atoms with van der Waals surface area (Å²) in [6, 6.07) is 7.69. The third-order valence-corrected chi connectivity index (χ3v) is 7.78. The van der Waals surface area contributed by atoms with Gasteiger partial charge in [-0.1, -0.05) is 18.2 Å². The van der Waals surface area contributed by atoms with Crippen LogP contribution in [0.25, 0.3) is 5.69 Å².